The molecule has 8 heteroatoms. The zero-order valence-electron chi connectivity index (χ0n) is 14.7. The van der Waals surface area contributed by atoms with E-state index < -0.39 is 10.8 Å². The van der Waals surface area contributed by atoms with Crippen LogP contribution < -0.4 is 10.6 Å². The molecule has 0 bridgehead atoms. The Morgan fingerprint density at radius 3 is 2.61 bits per heavy atom. The van der Waals surface area contributed by atoms with Crippen molar-refractivity contribution >= 4 is 40.7 Å². The van der Waals surface area contributed by atoms with E-state index in [2.05, 4.69) is 15.6 Å². The zero-order valence-corrected chi connectivity index (χ0v) is 17.9. The van der Waals surface area contributed by atoms with Gasteiger partial charge in [0, 0.05) is 54.7 Å². The number of hydrogen-bond acceptors (Lipinski definition) is 4. The Morgan fingerprint density at radius 2 is 2.04 bits per heavy atom. The van der Waals surface area contributed by atoms with Crippen molar-refractivity contribution in [3.05, 3.63) is 0 Å². The van der Waals surface area contributed by atoms with E-state index in [1.54, 1.807) is 7.05 Å². The van der Waals surface area contributed by atoms with Crippen molar-refractivity contribution < 1.29 is 13.7 Å². The number of halogens is 1. The molecular formula is C15H32IN3O3S. The summed E-state index contributed by atoms with van der Waals surface area (Å²) in [7, 11) is 0.895. The molecule has 0 aromatic rings. The molecule has 2 unspecified atom stereocenters. The van der Waals surface area contributed by atoms with Crippen molar-refractivity contribution in [3.8, 4) is 0 Å². The van der Waals surface area contributed by atoms with Crippen molar-refractivity contribution in [3.63, 3.8) is 0 Å². The van der Waals surface area contributed by atoms with Gasteiger partial charge in [0.1, 0.15) is 0 Å². The Morgan fingerprint density at radius 1 is 1.35 bits per heavy atom. The Bertz CT molecular complexity index is 369. The highest BCUT2D eigenvalue weighted by Crippen LogP contribution is 2.10. The van der Waals surface area contributed by atoms with Crippen LogP contribution in [-0.2, 0) is 20.3 Å². The average Bonchev–Trinajstić information content (AvgIpc) is 2.97. The van der Waals surface area contributed by atoms with Gasteiger partial charge in [0.2, 0.25) is 0 Å². The lowest BCUT2D eigenvalue weighted by Crippen LogP contribution is -2.41. The molecule has 1 heterocycles. The van der Waals surface area contributed by atoms with Crippen LogP contribution in [0.2, 0.25) is 0 Å². The average molecular weight is 461 g/mol. The first-order valence-electron chi connectivity index (χ1n) is 7.96. The molecule has 0 amide bonds. The Hall–Kier alpha value is 0.0700. The molecule has 138 valence electrons. The second kappa shape index (κ2) is 12.4. The third-order valence-electron chi connectivity index (χ3n) is 3.34. The van der Waals surface area contributed by atoms with Crippen LogP contribution in [0.1, 0.15) is 33.6 Å². The largest absolute Gasteiger partial charge is 0.379 e. The number of rotatable bonds is 8. The quantitative estimate of drug-likeness (QED) is 0.248. The third kappa shape index (κ3) is 10.5. The van der Waals surface area contributed by atoms with Gasteiger partial charge >= 0.3 is 0 Å². The van der Waals surface area contributed by atoms with Gasteiger partial charge in [0.25, 0.3) is 0 Å². The summed E-state index contributed by atoms with van der Waals surface area (Å²) in [6.07, 6.45) is 2.19. The van der Waals surface area contributed by atoms with Crippen molar-refractivity contribution in [1.29, 1.82) is 0 Å². The van der Waals surface area contributed by atoms with E-state index in [0.717, 1.165) is 45.2 Å². The van der Waals surface area contributed by atoms with Gasteiger partial charge in [-0.25, -0.2) is 0 Å². The van der Waals surface area contributed by atoms with Gasteiger partial charge in [-0.15, -0.1) is 24.0 Å². The standard InChI is InChI=1S/C15H31N3O3S.HI/c1-15(2,3)22(19)11-8-18-14(16-4)17-7-5-9-21-13-6-10-20-12-13;/h13H,5-12H2,1-4H3,(H2,16,17,18);1H. The SMILES string of the molecule is CN=C(NCCCOC1CCOC1)NCCS(=O)C(C)(C)C.I. The summed E-state index contributed by atoms with van der Waals surface area (Å²) in [5, 5.41) is 6.43. The van der Waals surface area contributed by atoms with Gasteiger partial charge in [0.05, 0.1) is 12.7 Å². The molecule has 2 N–H and O–H groups in total. The summed E-state index contributed by atoms with van der Waals surface area (Å²) in [5.74, 6) is 1.37. The normalized spacial score (nSPS) is 20.0. The van der Waals surface area contributed by atoms with E-state index >= 15 is 0 Å². The summed E-state index contributed by atoms with van der Waals surface area (Å²) in [4.78, 5) is 4.16. The number of nitrogens with one attached hydrogen (secondary N) is 2. The van der Waals surface area contributed by atoms with Gasteiger partial charge in [-0.1, -0.05) is 0 Å². The molecule has 1 fully saturated rings. The van der Waals surface area contributed by atoms with Gasteiger partial charge < -0.3 is 20.1 Å². The topological polar surface area (TPSA) is 72.0 Å². The third-order valence-corrected chi connectivity index (χ3v) is 5.28. The van der Waals surface area contributed by atoms with E-state index in [4.69, 9.17) is 9.47 Å². The molecule has 0 aliphatic carbocycles. The molecule has 0 aromatic carbocycles. The molecule has 0 aromatic heterocycles. The maximum Gasteiger partial charge on any atom is 0.191 e. The van der Waals surface area contributed by atoms with Crippen LogP contribution in [-0.4, -0.2) is 66.7 Å². The summed E-state index contributed by atoms with van der Waals surface area (Å²) in [6, 6.07) is 0. The molecule has 1 aliphatic heterocycles. The predicted octanol–water partition coefficient (Wildman–Crippen LogP) is 1.51. The lowest BCUT2D eigenvalue weighted by atomic mass is 10.3. The van der Waals surface area contributed by atoms with E-state index in [1.165, 1.54) is 0 Å². The lowest BCUT2D eigenvalue weighted by molar-refractivity contribution is 0.0420. The predicted molar refractivity (Wildman–Crippen MR) is 107 cm³/mol. The van der Waals surface area contributed by atoms with Crippen LogP contribution >= 0.6 is 24.0 Å². The van der Waals surface area contributed by atoms with Crippen LogP contribution in [0.15, 0.2) is 4.99 Å². The number of aliphatic imine (C=N–C) groups is 1. The smallest absolute Gasteiger partial charge is 0.191 e. The van der Waals surface area contributed by atoms with E-state index in [-0.39, 0.29) is 34.8 Å². The summed E-state index contributed by atoms with van der Waals surface area (Å²) < 4.78 is 22.7. The van der Waals surface area contributed by atoms with Gasteiger partial charge in [-0.3, -0.25) is 9.20 Å². The molecule has 1 saturated heterocycles. The fourth-order valence-corrected chi connectivity index (χ4v) is 2.86. The van der Waals surface area contributed by atoms with Crippen LogP contribution in [0.4, 0.5) is 0 Å². The Kier molecular flexibility index (Phi) is 12.5. The minimum absolute atomic E-state index is 0. The highest BCUT2D eigenvalue weighted by atomic mass is 127. The molecular weight excluding hydrogens is 429 g/mol. The Labute approximate surface area is 160 Å². The van der Waals surface area contributed by atoms with Crippen molar-refractivity contribution in [2.75, 3.05) is 45.7 Å². The highest BCUT2D eigenvalue weighted by Gasteiger charge is 2.18. The van der Waals surface area contributed by atoms with E-state index in [1.807, 2.05) is 20.8 Å². The number of guanidine groups is 1. The van der Waals surface area contributed by atoms with Gasteiger partial charge in [-0.05, 0) is 33.6 Å². The van der Waals surface area contributed by atoms with Crippen LogP contribution in [0, 0.1) is 0 Å². The van der Waals surface area contributed by atoms with Crippen LogP contribution in [0.3, 0.4) is 0 Å². The monoisotopic (exact) mass is 461 g/mol. The molecule has 6 nitrogen and oxygen atoms in total. The first-order valence-corrected chi connectivity index (χ1v) is 9.27. The molecule has 1 aliphatic rings. The fourth-order valence-electron chi connectivity index (χ4n) is 1.96. The Balaban J connectivity index is 0.00000484. The summed E-state index contributed by atoms with van der Waals surface area (Å²) >= 11 is 0. The van der Waals surface area contributed by atoms with Crippen LogP contribution in [0.5, 0.6) is 0 Å². The second-order valence-corrected chi connectivity index (χ2v) is 8.62. The maximum atomic E-state index is 11.9. The molecule has 23 heavy (non-hydrogen) atoms. The minimum atomic E-state index is -0.843. The van der Waals surface area contributed by atoms with Crippen molar-refractivity contribution in [1.82, 2.24) is 10.6 Å². The molecule has 0 radical (unpaired) electrons. The second-order valence-electron chi connectivity index (χ2n) is 6.30. The first-order chi connectivity index (χ1) is 10.4. The molecule has 0 saturated carbocycles. The van der Waals surface area contributed by atoms with Gasteiger partial charge in [0.15, 0.2) is 5.96 Å². The first kappa shape index (κ1) is 23.1. The number of nitrogens with zero attached hydrogens (tertiary/aromatic N) is 1. The minimum Gasteiger partial charge on any atom is -0.379 e. The lowest BCUT2D eigenvalue weighted by Gasteiger charge is -2.18. The molecule has 0 spiro atoms. The van der Waals surface area contributed by atoms with Gasteiger partial charge in [-0.2, -0.15) is 0 Å². The van der Waals surface area contributed by atoms with Crippen molar-refractivity contribution in [2.45, 2.75) is 44.5 Å². The zero-order chi connectivity index (χ0) is 16.4. The highest BCUT2D eigenvalue weighted by molar-refractivity contribution is 14.0. The molecule has 2 atom stereocenters. The summed E-state index contributed by atoms with van der Waals surface area (Å²) in [6.45, 7) is 9.70. The fraction of sp³-hybridized carbons (Fsp3) is 0.933. The van der Waals surface area contributed by atoms with E-state index in [9.17, 15) is 4.21 Å². The van der Waals surface area contributed by atoms with Crippen molar-refractivity contribution in [2.24, 2.45) is 4.99 Å². The summed E-state index contributed by atoms with van der Waals surface area (Å²) in [5.41, 5.74) is 0. The number of hydrogen-bond donors (Lipinski definition) is 2. The number of ether oxygens (including phenoxy) is 2. The maximum absolute atomic E-state index is 11.9. The van der Waals surface area contributed by atoms with E-state index in [0.29, 0.717) is 12.3 Å². The molecule has 1 rings (SSSR count). The van der Waals surface area contributed by atoms with Crippen LogP contribution in [0.25, 0.3) is 0 Å².